The van der Waals surface area contributed by atoms with E-state index in [1.165, 1.54) is 12.8 Å². The van der Waals surface area contributed by atoms with Crippen molar-refractivity contribution in [2.24, 2.45) is 11.7 Å². The summed E-state index contributed by atoms with van der Waals surface area (Å²) >= 11 is 0. The lowest BCUT2D eigenvalue weighted by molar-refractivity contribution is -0.116. The van der Waals surface area contributed by atoms with Crippen molar-refractivity contribution < 1.29 is 9.53 Å². The molecular formula is C19H23ClN2O2. The first-order chi connectivity index (χ1) is 11.2. The highest BCUT2D eigenvalue weighted by molar-refractivity contribution is 5.92. The highest BCUT2D eigenvalue weighted by Gasteiger charge is 2.22. The predicted octanol–water partition coefficient (Wildman–Crippen LogP) is 3.93. The summed E-state index contributed by atoms with van der Waals surface area (Å²) in [5.41, 5.74) is 7.77. The van der Waals surface area contributed by atoms with Crippen molar-refractivity contribution in [3.05, 3.63) is 60.2 Å². The van der Waals surface area contributed by atoms with E-state index in [-0.39, 0.29) is 30.8 Å². The molecule has 24 heavy (non-hydrogen) atoms. The van der Waals surface area contributed by atoms with Gasteiger partial charge >= 0.3 is 0 Å². The van der Waals surface area contributed by atoms with Gasteiger partial charge in [0.1, 0.15) is 5.75 Å². The Balaban J connectivity index is 0.00000208. The van der Waals surface area contributed by atoms with Crippen LogP contribution in [-0.2, 0) is 4.79 Å². The zero-order valence-corrected chi connectivity index (χ0v) is 14.3. The molecular weight excluding hydrogens is 324 g/mol. The van der Waals surface area contributed by atoms with Gasteiger partial charge in [0.15, 0.2) is 0 Å². The number of halogens is 1. The molecule has 0 heterocycles. The SMILES string of the molecule is Cl.NC(CC(=O)Nc1ccccc1OCC1CC1)c1ccccc1. The van der Waals surface area contributed by atoms with Crippen LogP contribution in [0.4, 0.5) is 5.69 Å². The van der Waals surface area contributed by atoms with Gasteiger partial charge in [0.25, 0.3) is 0 Å². The van der Waals surface area contributed by atoms with Crippen molar-refractivity contribution in [2.45, 2.75) is 25.3 Å². The lowest BCUT2D eigenvalue weighted by atomic mass is 10.0. The van der Waals surface area contributed by atoms with E-state index in [9.17, 15) is 4.79 Å². The van der Waals surface area contributed by atoms with Gasteiger partial charge in [0.2, 0.25) is 5.91 Å². The number of anilines is 1. The van der Waals surface area contributed by atoms with Crippen LogP contribution in [0.1, 0.15) is 30.9 Å². The number of ether oxygens (including phenoxy) is 1. The van der Waals surface area contributed by atoms with Crippen molar-refractivity contribution in [2.75, 3.05) is 11.9 Å². The average molecular weight is 347 g/mol. The Hall–Kier alpha value is -2.04. The van der Waals surface area contributed by atoms with Crippen molar-refractivity contribution in [1.82, 2.24) is 0 Å². The lowest BCUT2D eigenvalue weighted by Crippen LogP contribution is -2.21. The first kappa shape index (κ1) is 18.3. The molecule has 0 aliphatic heterocycles. The summed E-state index contributed by atoms with van der Waals surface area (Å²) in [7, 11) is 0. The first-order valence-corrected chi connectivity index (χ1v) is 8.04. The van der Waals surface area contributed by atoms with Crippen molar-refractivity contribution >= 4 is 24.0 Å². The van der Waals surface area contributed by atoms with Gasteiger partial charge in [-0.05, 0) is 36.5 Å². The Kier molecular flexibility index (Phi) is 6.64. The third-order valence-corrected chi connectivity index (χ3v) is 3.97. The van der Waals surface area contributed by atoms with E-state index in [0.29, 0.717) is 11.6 Å². The molecule has 0 radical (unpaired) electrons. The molecule has 1 aliphatic rings. The van der Waals surface area contributed by atoms with Gasteiger partial charge in [0.05, 0.1) is 12.3 Å². The Bertz CT molecular complexity index is 659. The molecule has 1 atom stereocenters. The Morgan fingerprint density at radius 3 is 2.50 bits per heavy atom. The number of carbonyl (C=O) groups excluding carboxylic acids is 1. The first-order valence-electron chi connectivity index (χ1n) is 8.04. The van der Waals surface area contributed by atoms with E-state index in [4.69, 9.17) is 10.5 Å². The summed E-state index contributed by atoms with van der Waals surface area (Å²) in [6.45, 7) is 0.719. The molecule has 128 valence electrons. The molecule has 3 N–H and O–H groups in total. The smallest absolute Gasteiger partial charge is 0.226 e. The molecule has 0 bridgehead atoms. The standard InChI is InChI=1S/C19H22N2O2.ClH/c20-16(15-6-2-1-3-7-15)12-19(22)21-17-8-4-5-9-18(17)23-13-14-10-11-14;/h1-9,14,16H,10-13,20H2,(H,21,22);1H. The van der Waals surface area contributed by atoms with Crippen LogP contribution in [-0.4, -0.2) is 12.5 Å². The minimum atomic E-state index is -0.309. The number of nitrogens with one attached hydrogen (secondary N) is 1. The molecule has 0 aromatic heterocycles. The highest BCUT2D eigenvalue weighted by Crippen LogP contribution is 2.31. The highest BCUT2D eigenvalue weighted by atomic mass is 35.5. The predicted molar refractivity (Wildman–Crippen MR) is 98.5 cm³/mol. The quantitative estimate of drug-likeness (QED) is 0.798. The number of carbonyl (C=O) groups is 1. The third kappa shape index (κ3) is 5.25. The molecule has 1 fully saturated rings. The fourth-order valence-corrected chi connectivity index (χ4v) is 2.41. The number of rotatable bonds is 7. The van der Waals surface area contributed by atoms with Crippen LogP contribution in [0.5, 0.6) is 5.75 Å². The molecule has 1 unspecified atom stereocenters. The van der Waals surface area contributed by atoms with Gasteiger partial charge < -0.3 is 15.8 Å². The maximum absolute atomic E-state index is 12.3. The number of benzene rings is 2. The fraction of sp³-hybridized carbons (Fsp3) is 0.316. The summed E-state index contributed by atoms with van der Waals surface area (Å²) in [5.74, 6) is 1.29. The van der Waals surface area contributed by atoms with Gasteiger partial charge in [-0.3, -0.25) is 4.79 Å². The normalized spacial score (nSPS) is 14.4. The molecule has 1 saturated carbocycles. The zero-order chi connectivity index (χ0) is 16.1. The molecule has 3 rings (SSSR count). The van der Waals surface area contributed by atoms with E-state index < -0.39 is 0 Å². The number of hydrogen-bond donors (Lipinski definition) is 2. The van der Waals surface area contributed by atoms with Crippen molar-refractivity contribution in [3.8, 4) is 5.75 Å². The topological polar surface area (TPSA) is 64.4 Å². The number of para-hydroxylation sites is 2. The largest absolute Gasteiger partial charge is 0.491 e. The fourth-order valence-electron chi connectivity index (χ4n) is 2.41. The Morgan fingerprint density at radius 1 is 1.12 bits per heavy atom. The Morgan fingerprint density at radius 2 is 1.79 bits per heavy atom. The van der Waals surface area contributed by atoms with Gasteiger partial charge in [-0.1, -0.05) is 42.5 Å². The minimum Gasteiger partial charge on any atom is -0.491 e. The summed E-state index contributed by atoms with van der Waals surface area (Å²) in [6.07, 6.45) is 2.71. The molecule has 1 amide bonds. The van der Waals surface area contributed by atoms with Crippen LogP contribution in [0.2, 0.25) is 0 Å². The monoisotopic (exact) mass is 346 g/mol. The van der Waals surface area contributed by atoms with Gasteiger partial charge in [0, 0.05) is 12.5 Å². The van der Waals surface area contributed by atoms with E-state index in [1.807, 2.05) is 54.6 Å². The van der Waals surface area contributed by atoms with Crippen molar-refractivity contribution in [1.29, 1.82) is 0 Å². The van der Waals surface area contributed by atoms with Gasteiger partial charge in [-0.25, -0.2) is 0 Å². The maximum atomic E-state index is 12.3. The molecule has 1 aliphatic carbocycles. The van der Waals surface area contributed by atoms with Crippen LogP contribution >= 0.6 is 12.4 Å². The summed E-state index contributed by atoms with van der Waals surface area (Å²) in [5, 5.41) is 2.91. The van der Waals surface area contributed by atoms with E-state index in [1.54, 1.807) is 0 Å². The number of hydrogen-bond acceptors (Lipinski definition) is 3. The Labute approximate surface area is 148 Å². The molecule has 2 aromatic rings. The third-order valence-electron chi connectivity index (χ3n) is 3.97. The summed E-state index contributed by atoms with van der Waals surface area (Å²) in [6, 6.07) is 16.9. The van der Waals surface area contributed by atoms with Crippen LogP contribution in [0.3, 0.4) is 0 Å². The summed E-state index contributed by atoms with van der Waals surface area (Å²) < 4.78 is 5.81. The number of nitrogens with two attached hydrogens (primary N) is 1. The molecule has 0 saturated heterocycles. The van der Waals surface area contributed by atoms with Gasteiger partial charge in [-0.15, -0.1) is 12.4 Å². The maximum Gasteiger partial charge on any atom is 0.226 e. The molecule has 0 spiro atoms. The zero-order valence-electron chi connectivity index (χ0n) is 13.5. The van der Waals surface area contributed by atoms with E-state index in [2.05, 4.69) is 5.32 Å². The second-order valence-corrected chi connectivity index (χ2v) is 6.02. The molecule has 5 heteroatoms. The van der Waals surface area contributed by atoms with Crippen LogP contribution in [0.15, 0.2) is 54.6 Å². The lowest BCUT2D eigenvalue weighted by Gasteiger charge is -2.14. The molecule has 2 aromatic carbocycles. The van der Waals surface area contributed by atoms with E-state index in [0.717, 1.165) is 17.9 Å². The van der Waals surface area contributed by atoms with Crippen LogP contribution in [0, 0.1) is 5.92 Å². The number of amides is 1. The average Bonchev–Trinajstić information content (AvgIpc) is 3.39. The van der Waals surface area contributed by atoms with Gasteiger partial charge in [-0.2, -0.15) is 0 Å². The second-order valence-electron chi connectivity index (χ2n) is 6.02. The van der Waals surface area contributed by atoms with Crippen LogP contribution < -0.4 is 15.8 Å². The summed E-state index contributed by atoms with van der Waals surface area (Å²) in [4.78, 5) is 12.3. The van der Waals surface area contributed by atoms with Crippen LogP contribution in [0.25, 0.3) is 0 Å². The van der Waals surface area contributed by atoms with E-state index >= 15 is 0 Å². The minimum absolute atomic E-state index is 0. The second kappa shape index (κ2) is 8.71. The van der Waals surface area contributed by atoms with Crippen molar-refractivity contribution in [3.63, 3.8) is 0 Å². The molecule has 4 nitrogen and oxygen atoms in total.